The first-order chi connectivity index (χ1) is 9.15. The molecule has 1 atom stereocenters. The first-order valence-electron chi connectivity index (χ1n) is 6.88. The summed E-state index contributed by atoms with van der Waals surface area (Å²) < 4.78 is 0. The van der Waals surface area contributed by atoms with Crippen molar-refractivity contribution in [3.63, 3.8) is 0 Å². The maximum Gasteiger partial charge on any atom is 0.126 e. The number of hydrogen-bond acceptors (Lipinski definition) is 4. The van der Waals surface area contributed by atoms with Gasteiger partial charge in [-0.1, -0.05) is 25.2 Å². The van der Waals surface area contributed by atoms with Crippen LogP contribution in [0.1, 0.15) is 25.5 Å². The zero-order chi connectivity index (χ0) is 13.7. The summed E-state index contributed by atoms with van der Waals surface area (Å²) in [5.74, 6) is 1.45. The van der Waals surface area contributed by atoms with Gasteiger partial charge in [-0.25, -0.2) is 4.98 Å². The molecule has 0 amide bonds. The summed E-state index contributed by atoms with van der Waals surface area (Å²) in [4.78, 5) is 7.26. The number of likely N-dealkylation sites (tertiary alicyclic amines) is 1. The van der Waals surface area contributed by atoms with E-state index in [1.807, 2.05) is 18.2 Å². The van der Waals surface area contributed by atoms with Gasteiger partial charge in [0.05, 0.1) is 5.69 Å². The van der Waals surface area contributed by atoms with Crippen LogP contribution in [0.15, 0.2) is 18.2 Å². The van der Waals surface area contributed by atoms with Crippen molar-refractivity contribution in [2.24, 2.45) is 11.7 Å². The minimum Gasteiger partial charge on any atom is -0.388 e. The molecule has 0 aliphatic carbocycles. The fourth-order valence-electron chi connectivity index (χ4n) is 2.42. The first kappa shape index (κ1) is 14.2. The van der Waals surface area contributed by atoms with Crippen LogP contribution in [-0.2, 0) is 0 Å². The highest BCUT2D eigenvalue weighted by atomic mass is 32.1. The van der Waals surface area contributed by atoms with Gasteiger partial charge < -0.3 is 16.0 Å². The summed E-state index contributed by atoms with van der Waals surface area (Å²) in [6.07, 6.45) is 2.69. The average molecular weight is 278 g/mol. The molecule has 1 saturated heterocycles. The highest BCUT2D eigenvalue weighted by Crippen LogP contribution is 2.11. The molecule has 0 bridgehead atoms. The Kier molecular flexibility index (Phi) is 5.10. The molecule has 0 radical (unpaired) electrons. The number of pyridine rings is 1. The number of nitrogens with zero attached hydrogens (tertiary/aromatic N) is 2. The summed E-state index contributed by atoms with van der Waals surface area (Å²) in [5.41, 5.74) is 6.26. The third-order valence-electron chi connectivity index (χ3n) is 3.40. The normalized spacial score (nSPS) is 17.3. The number of hydrogen-bond donors (Lipinski definition) is 2. The van der Waals surface area contributed by atoms with E-state index in [9.17, 15) is 0 Å². The quantitative estimate of drug-likeness (QED) is 0.778. The second kappa shape index (κ2) is 6.82. The summed E-state index contributed by atoms with van der Waals surface area (Å²) in [6, 6.07) is 5.71. The third-order valence-corrected chi connectivity index (χ3v) is 3.61. The molecule has 0 aromatic carbocycles. The van der Waals surface area contributed by atoms with Crippen LogP contribution in [0.5, 0.6) is 0 Å². The van der Waals surface area contributed by atoms with E-state index in [0.717, 1.165) is 18.9 Å². The molecule has 4 nitrogen and oxygen atoms in total. The molecule has 2 heterocycles. The van der Waals surface area contributed by atoms with Crippen LogP contribution < -0.4 is 11.1 Å². The molecule has 104 valence electrons. The van der Waals surface area contributed by atoms with Gasteiger partial charge in [-0.05, 0) is 44.0 Å². The Hall–Kier alpha value is -1.20. The average Bonchev–Trinajstić information content (AvgIpc) is 2.89. The van der Waals surface area contributed by atoms with Gasteiger partial charge in [0.25, 0.3) is 0 Å². The molecule has 0 saturated carbocycles. The van der Waals surface area contributed by atoms with E-state index in [1.165, 1.54) is 25.9 Å². The van der Waals surface area contributed by atoms with Gasteiger partial charge in [0.15, 0.2) is 0 Å². The van der Waals surface area contributed by atoms with Crippen molar-refractivity contribution in [3.05, 3.63) is 23.9 Å². The van der Waals surface area contributed by atoms with E-state index < -0.39 is 0 Å². The molecule has 19 heavy (non-hydrogen) atoms. The highest BCUT2D eigenvalue weighted by Gasteiger charge is 2.14. The summed E-state index contributed by atoms with van der Waals surface area (Å²) in [6.45, 7) is 6.84. The van der Waals surface area contributed by atoms with Crippen LogP contribution in [0.25, 0.3) is 0 Å². The lowest BCUT2D eigenvalue weighted by Crippen LogP contribution is -2.29. The summed E-state index contributed by atoms with van der Waals surface area (Å²) in [5, 5.41) is 3.36. The number of anilines is 1. The Balaban J connectivity index is 1.80. The zero-order valence-electron chi connectivity index (χ0n) is 11.4. The van der Waals surface area contributed by atoms with Crippen molar-refractivity contribution in [1.82, 2.24) is 9.88 Å². The van der Waals surface area contributed by atoms with Gasteiger partial charge in [-0.15, -0.1) is 0 Å². The summed E-state index contributed by atoms with van der Waals surface area (Å²) >= 11 is 4.93. The van der Waals surface area contributed by atoms with E-state index in [1.54, 1.807) is 0 Å². The predicted octanol–water partition coefficient (Wildman–Crippen LogP) is 1.86. The molecule has 0 spiro atoms. The van der Waals surface area contributed by atoms with Crippen molar-refractivity contribution in [3.8, 4) is 0 Å². The second-order valence-corrected chi connectivity index (χ2v) is 5.71. The molecule has 1 aliphatic heterocycles. The van der Waals surface area contributed by atoms with Gasteiger partial charge in [0, 0.05) is 13.1 Å². The van der Waals surface area contributed by atoms with Crippen LogP contribution in [0, 0.1) is 5.92 Å². The molecule has 1 aliphatic rings. The number of aromatic nitrogens is 1. The summed E-state index contributed by atoms with van der Waals surface area (Å²) in [7, 11) is 0. The Morgan fingerprint density at radius 2 is 2.21 bits per heavy atom. The first-order valence-corrected chi connectivity index (χ1v) is 7.29. The van der Waals surface area contributed by atoms with Crippen molar-refractivity contribution < 1.29 is 0 Å². The Labute approximate surface area is 120 Å². The Morgan fingerprint density at radius 1 is 1.47 bits per heavy atom. The monoisotopic (exact) mass is 278 g/mol. The third kappa shape index (κ3) is 4.44. The number of thiocarbonyl (C=S) groups is 1. The molecule has 1 aromatic rings. The van der Waals surface area contributed by atoms with E-state index >= 15 is 0 Å². The molecule has 5 heteroatoms. The van der Waals surface area contributed by atoms with Crippen molar-refractivity contribution in [1.29, 1.82) is 0 Å². The van der Waals surface area contributed by atoms with Crippen molar-refractivity contribution in [2.75, 3.05) is 31.5 Å². The predicted molar refractivity (Wildman–Crippen MR) is 83.5 cm³/mol. The fourth-order valence-corrected chi connectivity index (χ4v) is 2.53. The Bertz CT molecular complexity index is 429. The lowest BCUT2D eigenvalue weighted by atomic mass is 10.1. The second-order valence-electron chi connectivity index (χ2n) is 5.27. The van der Waals surface area contributed by atoms with Gasteiger partial charge in [-0.3, -0.25) is 0 Å². The minimum atomic E-state index is 0.341. The molecular weight excluding hydrogens is 256 g/mol. The lowest BCUT2D eigenvalue weighted by molar-refractivity contribution is 0.294. The van der Waals surface area contributed by atoms with Crippen LogP contribution in [0.3, 0.4) is 0 Å². The van der Waals surface area contributed by atoms with E-state index in [-0.39, 0.29) is 0 Å². The van der Waals surface area contributed by atoms with Crippen LogP contribution >= 0.6 is 12.2 Å². The molecule has 1 aromatic heterocycles. The van der Waals surface area contributed by atoms with Gasteiger partial charge in [0.1, 0.15) is 10.8 Å². The molecule has 1 unspecified atom stereocenters. The van der Waals surface area contributed by atoms with Crippen LogP contribution in [0.2, 0.25) is 0 Å². The largest absolute Gasteiger partial charge is 0.388 e. The van der Waals surface area contributed by atoms with Crippen molar-refractivity contribution >= 4 is 23.0 Å². The van der Waals surface area contributed by atoms with E-state index in [4.69, 9.17) is 18.0 Å². The molecular formula is C14H22N4S. The van der Waals surface area contributed by atoms with E-state index in [2.05, 4.69) is 22.1 Å². The molecule has 3 N–H and O–H groups in total. The van der Waals surface area contributed by atoms with Gasteiger partial charge in [-0.2, -0.15) is 0 Å². The molecule has 2 rings (SSSR count). The van der Waals surface area contributed by atoms with Gasteiger partial charge >= 0.3 is 0 Å². The Morgan fingerprint density at radius 3 is 2.89 bits per heavy atom. The van der Waals surface area contributed by atoms with E-state index in [0.29, 0.717) is 16.6 Å². The number of rotatable bonds is 6. The smallest absolute Gasteiger partial charge is 0.126 e. The number of nitrogens with one attached hydrogen (secondary N) is 1. The highest BCUT2D eigenvalue weighted by molar-refractivity contribution is 7.80. The van der Waals surface area contributed by atoms with Crippen molar-refractivity contribution in [2.45, 2.75) is 19.8 Å². The van der Waals surface area contributed by atoms with Crippen LogP contribution in [0.4, 0.5) is 5.82 Å². The SMILES string of the molecule is CC(CNc1cccc(C(N)=S)n1)CN1CCCC1. The zero-order valence-corrected chi connectivity index (χ0v) is 12.2. The fraction of sp³-hybridized carbons (Fsp3) is 0.571. The van der Waals surface area contributed by atoms with Gasteiger partial charge in [0.2, 0.25) is 0 Å². The molecule has 1 fully saturated rings. The topological polar surface area (TPSA) is 54.2 Å². The maximum absolute atomic E-state index is 5.58. The standard InChI is InChI=1S/C14H22N4S/c1-11(10-18-7-2-3-8-18)9-16-13-6-4-5-12(17-13)14(15)19/h4-6,11H,2-3,7-10H2,1H3,(H2,15,19)(H,16,17). The number of nitrogens with two attached hydrogens (primary N) is 1. The minimum absolute atomic E-state index is 0.341. The van der Waals surface area contributed by atoms with Crippen LogP contribution in [-0.4, -0.2) is 41.1 Å². The maximum atomic E-state index is 5.58. The lowest BCUT2D eigenvalue weighted by Gasteiger charge is -2.20.